The second-order valence-electron chi connectivity index (χ2n) is 7.27. The number of pyridine rings is 1. The molecule has 1 saturated heterocycles. The summed E-state index contributed by atoms with van der Waals surface area (Å²) in [6, 6.07) is 4.13. The van der Waals surface area contributed by atoms with Crippen LogP contribution in [0.5, 0.6) is 0 Å². The molecule has 1 amide bonds. The quantitative estimate of drug-likeness (QED) is 0.815. The van der Waals surface area contributed by atoms with Crippen LogP contribution in [0.15, 0.2) is 18.3 Å². The summed E-state index contributed by atoms with van der Waals surface area (Å²) in [7, 11) is 1.71. The Morgan fingerprint density at radius 3 is 2.67 bits per heavy atom. The monoisotopic (exact) mass is 418 g/mol. The number of halogens is 2. The molecule has 3 atom stereocenters. The predicted molar refractivity (Wildman–Crippen MR) is 113 cm³/mol. The van der Waals surface area contributed by atoms with E-state index in [0.717, 1.165) is 57.6 Å². The van der Waals surface area contributed by atoms with Crippen molar-refractivity contribution in [2.45, 2.75) is 44.8 Å². The molecule has 3 rings (SSSR count). The van der Waals surface area contributed by atoms with Crippen molar-refractivity contribution in [1.82, 2.24) is 9.88 Å². The zero-order chi connectivity index (χ0) is 17.8. The first kappa shape index (κ1) is 24.0. The van der Waals surface area contributed by atoms with E-state index in [2.05, 4.69) is 22.0 Å². The molecule has 2 heterocycles. The van der Waals surface area contributed by atoms with Crippen molar-refractivity contribution in [3.63, 3.8) is 0 Å². The van der Waals surface area contributed by atoms with Crippen LogP contribution in [-0.2, 0) is 9.53 Å². The molecule has 0 unspecified atom stereocenters. The number of aromatic nitrogens is 1. The van der Waals surface area contributed by atoms with E-state index < -0.39 is 0 Å². The summed E-state index contributed by atoms with van der Waals surface area (Å²) in [6.07, 6.45) is 5.44. The van der Waals surface area contributed by atoms with Gasteiger partial charge >= 0.3 is 0 Å². The molecule has 1 saturated carbocycles. The summed E-state index contributed by atoms with van der Waals surface area (Å²) < 4.78 is 5.41. The molecule has 6 nitrogen and oxygen atoms in total. The molecule has 0 aromatic carbocycles. The molecule has 1 aliphatic carbocycles. The number of nitrogens with two attached hydrogens (primary N) is 1. The minimum absolute atomic E-state index is 0. The molecule has 8 heteroatoms. The summed E-state index contributed by atoms with van der Waals surface area (Å²) in [5, 5.41) is 0. The van der Waals surface area contributed by atoms with Crippen LogP contribution in [-0.4, -0.2) is 61.2 Å². The predicted octanol–water partition coefficient (Wildman–Crippen LogP) is 2.41. The van der Waals surface area contributed by atoms with Gasteiger partial charge in [-0.15, -0.1) is 24.8 Å². The minimum atomic E-state index is -0.0315. The van der Waals surface area contributed by atoms with E-state index in [1.54, 1.807) is 7.11 Å². The molecule has 27 heavy (non-hydrogen) atoms. The van der Waals surface area contributed by atoms with E-state index in [4.69, 9.17) is 10.5 Å². The molecular weight excluding hydrogens is 387 g/mol. The van der Waals surface area contributed by atoms with Crippen LogP contribution in [0.4, 0.5) is 5.69 Å². The van der Waals surface area contributed by atoms with Crippen molar-refractivity contribution in [2.75, 3.05) is 38.2 Å². The first-order valence-corrected chi connectivity index (χ1v) is 9.33. The van der Waals surface area contributed by atoms with Crippen LogP contribution >= 0.6 is 24.8 Å². The fourth-order valence-corrected chi connectivity index (χ4v) is 4.08. The molecular formula is C19H32Cl2N4O2. The highest BCUT2D eigenvalue weighted by molar-refractivity contribution is 5.85. The second kappa shape index (κ2) is 11.1. The van der Waals surface area contributed by atoms with Crippen LogP contribution in [0.1, 0.15) is 31.4 Å². The Kier molecular flexibility index (Phi) is 9.81. The highest BCUT2D eigenvalue weighted by Crippen LogP contribution is 2.27. The average molecular weight is 419 g/mol. The molecule has 2 fully saturated rings. The van der Waals surface area contributed by atoms with E-state index in [9.17, 15) is 4.79 Å². The summed E-state index contributed by atoms with van der Waals surface area (Å²) in [4.78, 5) is 21.6. The molecule has 0 bridgehead atoms. The van der Waals surface area contributed by atoms with Gasteiger partial charge in [0, 0.05) is 62.8 Å². The minimum Gasteiger partial charge on any atom is -0.380 e. The van der Waals surface area contributed by atoms with Gasteiger partial charge in [0.2, 0.25) is 5.91 Å². The Labute approximate surface area is 174 Å². The fraction of sp³-hybridized carbons (Fsp3) is 0.684. The van der Waals surface area contributed by atoms with Crippen molar-refractivity contribution in [3.05, 3.63) is 24.0 Å². The average Bonchev–Trinajstić information content (AvgIpc) is 2.87. The third kappa shape index (κ3) is 5.95. The number of hydrogen-bond acceptors (Lipinski definition) is 5. The largest absolute Gasteiger partial charge is 0.380 e. The smallest absolute Gasteiger partial charge is 0.225 e. The van der Waals surface area contributed by atoms with E-state index in [-0.39, 0.29) is 48.8 Å². The maximum atomic E-state index is 12.9. The Bertz CT molecular complexity index is 605. The van der Waals surface area contributed by atoms with Gasteiger partial charge < -0.3 is 20.3 Å². The summed E-state index contributed by atoms with van der Waals surface area (Å²) in [5.41, 5.74) is 8.41. The van der Waals surface area contributed by atoms with Gasteiger partial charge in [0.15, 0.2) is 0 Å². The van der Waals surface area contributed by atoms with Gasteiger partial charge in [-0.05, 0) is 44.7 Å². The molecule has 1 aromatic rings. The number of carbonyl (C=O) groups is 1. The molecule has 1 aromatic heterocycles. The normalized spacial score (nSPS) is 25.8. The van der Waals surface area contributed by atoms with E-state index in [1.165, 1.54) is 5.69 Å². The van der Waals surface area contributed by atoms with Gasteiger partial charge in [-0.25, -0.2) is 0 Å². The molecule has 0 spiro atoms. The van der Waals surface area contributed by atoms with Crippen molar-refractivity contribution in [1.29, 1.82) is 0 Å². The Balaban J connectivity index is 0.00000182. The lowest BCUT2D eigenvalue weighted by Gasteiger charge is -2.35. The number of amides is 1. The highest BCUT2D eigenvalue weighted by atomic mass is 35.5. The first-order chi connectivity index (χ1) is 12.1. The Morgan fingerprint density at radius 2 is 2.00 bits per heavy atom. The maximum Gasteiger partial charge on any atom is 0.225 e. The number of rotatable bonds is 3. The number of hydrogen-bond donors (Lipinski definition) is 1. The van der Waals surface area contributed by atoms with Crippen molar-refractivity contribution < 1.29 is 9.53 Å². The topological polar surface area (TPSA) is 71.7 Å². The summed E-state index contributed by atoms with van der Waals surface area (Å²) in [5.74, 6) is 0.328. The van der Waals surface area contributed by atoms with Gasteiger partial charge in [-0.3, -0.25) is 9.78 Å². The lowest BCUT2D eigenvalue weighted by molar-refractivity contribution is -0.137. The Morgan fingerprint density at radius 1 is 1.22 bits per heavy atom. The van der Waals surface area contributed by atoms with Crippen LogP contribution in [0, 0.1) is 12.8 Å². The summed E-state index contributed by atoms with van der Waals surface area (Å²) in [6.45, 7) is 5.47. The Hall–Kier alpha value is -1.08. The molecule has 1 aliphatic heterocycles. The van der Waals surface area contributed by atoms with Gasteiger partial charge in [-0.2, -0.15) is 0 Å². The van der Waals surface area contributed by atoms with Crippen LogP contribution in [0.25, 0.3) is 0 Å². The molecule has 2 aliphatic rings. The number of aryl methyl sites for hydroxylation is 1. The van der Waals surface area contributed by atoms with Gasteiger partial charge in [-0.1, -0.05) is 0 Å². The third-order valence-electron chi connectivity index (χ3n) is 5.54. The number of methoxy groups -OCH3 is 1. The van der Waals surface area contributed by atoms with Crippen LogP contribution in [0.3, 0.4) is 0 Å². The maximum absolute atomic E-state index is 12.9. The summed E-state index contributed by atoms with van der Waals surface area (Å²) >= 11 is 0. The zero-order valence-corrected chi connectivity index (χ0v) is 17.8. The highest BCUT2D eigenvalue weighted by Gasteiger charge is 2.34. The second-order valence-corrected chi connectivity index (χ2v) is 7.27. The van der Waals surface area contributed by atoms with Crippen LogP contribution in [0.2, 0.25) is 0 Å². The molecule has 154 valence electrons. The third-order valence-corrected chi connectivity index (χ3v) is 5.54. The SMILES string of the molecule is CO[C@@H]1CC[C@H](C(=O)N2CCCN(c3ccnc(C)c3)CC2)C[C@H]1N.Cl.Cl. The van der Waals surface area contributed by atoms with Crippen molar-refractivity contribution in [3.8, 4) is 0 Å². The van der Waals surface area contributed by atoms with E-state index >= 15 is 0 Å². The standard InChI is InChI=1S/C19H30N4O2.2ClH/c1-14-12-16(6-7-21-14)22-8-3-9-23(11-10-22)19(24)15-4-5-18(25-2)17(20)13-15;;/h6-7,12,15,17-18H,3-5,8-11,13,20H2,1-2H3;2*1H/t15-,17+,18+;;/m0../s1. The first-order valence-electron chi connectivity index (χ1n) is 9.33. The van der Waals surface area contributed by atoms with Crippen LogP contribution < -0.4 is 10.6 Å². The van der Waals surface area contributed by atoms with E-state index in [0.29, 0.717) is 0 Å². The zero-order valence-electron chi connectivity index (χ0n) is 16.2. The number of ether oxygens (including phenoxy) is 1. The number of nitrogens with zero attached hydrogens (tertiary/aromatic N) is 3. The van der Waals surface area contributed by atoms with Gasteiger partial charge in [0.1, 0.15) is 0 Å². The van der Waals surface area contributed by atoms with Crippen molar-refractivity contribution >= 4 is 36.4 Å². The van der Waals surface area contributed by atoms with Crippen molar-refractivity contribution in [2.24, 2.45) is 11.7 Å². The number of carbonyl (C=O) groups excluding carboxylic acids is 1. The number of anilines is 1. The van der Waals surface area contributed by atoms with E-state index in [1.807, 2.05) is 18.0 Å². The molecule has 2 N–H and O–H groups in total. The van der Waals surface area contributed by atoms with Gasteiger partial charge in [0.25, 0.3) is 0 Å². The fourth-order valence-electron chi connectivity index (χ4n) is 4.08. The molecule has 0 radical (unpaired) electrons. The lowest BCUT2D eigenvalue weighted by atomic mass is 9.83. The van der Waals surface area contributed by atoms with Gasteiger partial charge in [0.05, 0.1) is 6.10 Å². The lowest BCUT2D eigenvalue weighted by Crippen LogP contribution is -2.47.